The first-order chi connectivity index (χ1) is 5.66. The van der Waals surface area contributed by atoms with E-state index < -0.39 is 0 Å². The third-order valence-electron chi connectivity index (χ3n) is 1.77. The molecule has 0 spiro atoms. The Balaban J connectivity index is 2.94. The van der Waals surface area contributed by atoms with Crippen LogP contribution in [0.4, 0.5) is 0 Å². The van der Waals surface area contributed by atoms with Gasteiger partial charge in [0.2, 0.25) is 5.88 Å². The van der Waals surface area contributed by atoms with E-state index in [4.69, 9.17) is 4.74 Å². The fourth-order valence-electron chi connectivity index (χ4n) is 1.13. The van der Waals surface area contributed by atoms with Gasteiger partial charge in [0.05, 0.1) is 6.54 Å². The highest BCUT2D eigenvalue weighted by Gasteiger charge is 2.18. The van der Waals surface area contributed by atoms with Crippen LogP contribution in [-0.4, -0.2) is 50.8 Å². The minimum Gasteiger partial charge on any atom is -0.475 e. The van der Waals surface area contributed by atoms with E-state index in [9.17, 15) is 0 Å². The number of likely N-dealkylation sites (N-methyl/N-ethyl adjacent to an activating group) is 1. The standard InChI is InChI=1S/C8H15N3O/c1-9-7-8(10(2)3)12-6-5-11(7)4/h1,5-6H2,2-4H3. The molecule has 0 saturated heterocycles. The highest BCUT2D eigenvalue weighted by molar-refractivity contribution is 5.29. The van der Waals surface area contributed by atoms with Gasteiger partial charge in [-0.05, 0) is 6.72 Å². The summed E-state index contributed by atoms with van der Waals surface area (Å²) in [6.45, 7) is 5.09. The molecule has 0 atom stereocenters. The molecule has 68 valence electrons. The fraction of sp³-hybridized carbons (Fsp3) is 0.625. The third-order valence-corrected chi connectivity index (χ3v) is 1.77. The second kappa shape index (κ2) is 3.47. The van der Waals surface area contributed by atoms with Crippen LogP contribution in [0.3, 0.4) is 0 Å². The SMILES string of the molecule is C=NC1=C(N(C)C)OCCN1C. The molecule has 0 aromatic heterocycles. The van der Waals surface area contributed by atoms with Crippen molar-refractivity contribution in [3.63, 3.8) is 0 Å². The lowest BCUT2D eigenvalue weighted by Crippen LogP contribution is -2.32. The van der Waals surface area contributed by atoms with Crippen LogP contribution in [0.1, 0.15) is 0 Å². The maximum Gasteiger partial charge on any atom is 0.233 e. The smallest absolute Gasteiger partial charge is 0.233 e. The molecule has 0 N–H and O–H groups in total. The van der Waals surface area contributed by atoms with Crippen LogP contribution in [0.15, 0.2) is 16.7 Å². The molecule has 0 amide bonds. The molecule has 1 aliphatic heterocycles. The molecule has 0 unspecified atom stereocenters. The minimum absolute atomic E-state index is 0.711. The van der Waals surface area contributed by atoms with Crippen molar-refractivity contribution in [2.75, 3.05) is 34.3 Å². The zero-order valence-corrected chi connectivity index (χ0v) is 7.87. The maximum atomic E-state index is 5.44. The van der Waals surface area contributed by atoms with Crippen LogP contribution in [0.25, 0.3) is 0 Å². The van der Waals surface area contributed by atoms with E-state index in [1.54, 1.807) is 0 Å². The number of nitrogens with zero attached hydrogens (tertiary/aromatic N) is 3. The third kappa shape index (κ3) is 1.52. The Morgan fingerprint density at radius 2 is 2.25 bits per heavy atom. The molecular formula is C8H15N3O. The van der Waals surface area contributed by atoms with Crippen molar-refractivity contribution in [3.05, 3.63) is 11.7 Å². The van der Waals surface area contributed by atoms with Crippen molar-refractivity contribution >= 4 is 6.72 Å². The lowest BCUT2D eigenvalue weighted by Gasteiger charge is -2.30. The predicted molar refractivity (Wildman–Crippen MR) is 48.8 cm³/mol. The largest absolute Gasteiger partial charge is 0.475 e. The van der Waals surface area contributed by atoms with Gasteiger partial charge in [-0.1, -0.05) is 0 Å². The summed E-state index contributed by atoms with van der Waals surface area (Å²) < 4.78 is 5.44. The summed E-state index contributed by atoms with van der Waals surface area (Å²) in [4.78, 5) is 7.86. The van der Waals surface area contributed by atoms with Gasteiger partial charge in [0.1, 0.15) is 6.61 Å². The summed E-state index contributed by atoms with van der Waals surface area (Å²) in [5.74, 6) is 1.60. The Labute approximate surface area is 73.1 Å². The highest BCUT2D eigenvalue weighted by atomic mass is 16.5. The van der Waals surface area contributed by atoms with Crippen molar-refractivity contribution in [2.45, 2.75) is 0 Å². The zero-order chi connectivity index (χ0) is 9.14. The number of rotatable bonds is 2. The topological polar surface area (TPSA) is 28.1 Å². The second-order valence-corrected chi connectivity index (χ2v) is 2.95. The molecule has 4 heteroatoms. The van der Waals surface area contributed by atoms with E-state index in [0.717, 1.165) is 18.2 Å². The van der Waals surface area contributed by atoms with E-state index in [0.29, 0.717) is 6.61 Å². The summed E-state index contributed by atoms with van der Waals surface area (Å²) in [5.41, 5.74) is 0. The van der Waals surface area contributed by atoms with Gasteiger partial charge in [-0.25, -0.2) is 4.99 Å². The molecule has 1 rings (SSSR count). The second-order valence-electron chi connectivity index (χ2n) is 2.95. The Hall–Kier alpha value is -1.19. The molecule has 0 aliphatic carbocycles. The molecule has 0 aromatic rings. The van der Waals surface area contributed by atoms with Gasteiger partial charge >= 0.3 is 0 Å². The van der Waals surface area contributed by atoms with E-state index in [-0.39, 0.29) is 0 Å². The Kier molecular flexibility index (Phi) is 2.58. The van der Waals surface area contributed by atoms with Crippen molar-refractivity contribution in [2.24, 2.45) is 4.99 Å². The minimum atomic E-state index is 0.711. The first-order valence-electron chi connectivity index (χ1n) is 3.89. The predicted octanol–water partition coefficient (Wildman–Crippen LogP) is 0.337. The van der Waals surface area contributed by atoms with Gasteiger partial charge in [0, 0.05) is 21.1 Å². The van der Waals surface area contributed by atoms with Gasteiger partial charge in [0.25, 0.3) is 0 Å². The summed E-state index contributed by atoms with van der Waals surface area (Å²) in [7, 11) is 5.84. The van der Waals surface area contributed by atoms with Crippen molar-refractivity contribution < 1.29 is 4.74 Å². The first kappa shape index (κ1) is 8.90. The van der Waals surface area contributed by atoms with Gasteiger partial charge in [-0.3, -0.25) is 0 Å². The van der Waals surface area contributed by atoms with Crippen LogP contribution < -0.4 is 0 Å². The Bertz CT molecular complexity index is 210. The lowest BCUT2D eigenvalue weighted by molar-refractivity contribution is 0.0855. The summed E-state index contributed by atoms with van der Waals surface area (Å²) in [6, 6.07) is 0. The van der Waals surface area contributed by atoms with E-state index in [1.165, 1.54) is 0 Å². The van der Waals surface area contributed by atoms with Crippen molar-refractivity contribution in [1.82, 2.24) is 9.80 Å². The Morgan fingerprint density at radius 3 is 2.67 bits per heavy atom. The maximum absolute atomic E-state index is 5.44. The van der Waals surface area contributed by atoms with Crippen LogP contribution in [0, 0.1) is 0 Å². The first-order valence-corrected chi connectivity index (χ1v) is 3.89. The number of ether oxygens (including phenoxy) is 1. The summed E-state index contributed by atoms with van der Waals surface area (Å²) in [6.07, 6.45) is 0. The van der Waals surface area contributed by atoms with E-state index >= 15 is 0 Å². The Morgan fingerprint density at radius 1 is 1.58 bits per heavy atom. The molecule has 0 aromatic carbocycles. The molecule has 0 fully saturated rings. The molecule has 12 heavy (non-hydrogen) atoms. The summed E-state index contributed by atoms with van der Waals surface area (Å²) in [5, 5.41) is 0. The van der Waals surface area contributed by atoms with E-state index in [2.05, 4.69) is 11.7 Å². The highest BCUT2D eigenvalue weighted by Crippen LogP contribution is 2.17. The van der Waals surface area contributed by atoms with Gasteiger partial charge in [-0.2, -0.15) is 0 Å². The van der Waals surface area contributed by atoms with Crippen molar-refractivity contribution in [3.8, 4) is 0 Å². The number of hydrogen-bond acceptors (Lipinski definition) is 4. The average molecular weight is 169 g/mol. The van der Waals surface area contributed by atoms with Crippen LogP contribution in [0.5, 0.6) is 0 Å². The molecule has 4 nitrogen and oxygen atoms in total. The van der Waals surface area contributed by atoms with Gasteiger partial charge in [-0.15, -0.1) is 0 Å². The molecular weight excluding hydrogens is 154 g/mol. The molecule has 0 saturated carbocycles. The van der Waals surface area contributed by atoms with Crippen LogP contribution in [0.2, 0.25) is 0 Å². The normalized spacial score (nSPS) is 17.4. The van der Waals surface area contributed by atoms with Crippen molar-refractivity contribution in [1.29, 1.82) is 0 Å². The number of hydrogen-bond donors (Lipinski definition) is 0. The van der Waals surface area contributed by atoms with E-state index in [1.807, 2.05) is 30.9 Å². The fourth-order valence-corrected chi connectivity index (χ4v) is 1.13. The number of aliphatic imine (C=N–C) groups is 1. The van der Waals surface area contributed by atoms with Crippen LogP contribution >= 0.6 is 0 Å². The quantitative estimate of drug-likeness (QED) is 0.558. The molecule has 1 heterocycles. The molecule has 0 bridgehead atoms. The average Bonchev–Trinajstić information content (AvgIpc) is 2.03. The van der Waals surface area contributed by atoms with Gasteiger partial charge in [0.15, 0.2) is 5.82 Å². The monoisotopic (exact) mass is 169 g/mol. The zero-order valence-electron chi connectivity index (χ0n) is 7.87. The molecule has 1 aliphatic rings. The van der Waals surface area contributed by atoms with Gasteiger partial charge < -0.3 is 14.5 Å². The van der Waals surface area contributed by atoms with Crippen LogP contribution in [-0.2, 0) is 4.74 Å². The molecule has 0 radical (unpaired) electrons. The lowest BCUT2D eigenvalue weighted by atomic mass is 10.4. The summed E-state index contributed by atoms with van der Waals surface area (Å²) >= 11 is 0.